The molecule has 2 heteroatoms. The van der Waals surface area contributed by atoms with Gasteiger partial charge in [0, 0.05) is 12.2 Å². The molecule has 0 aromatic heterocycles. The predicted molar refractivity (Wildman–Crippen MR) is 41.1 cm³/mol. The molecule has 54 valence electrons. The standard InChI is InChI=1S/C7H16N2/c1-4-7(8)5-6-9(2)3/h4H,5-6,8H2,1-3H3/b7-4+. The molecule has 0 saturated heterocycles. The first-order valence-corrected chi connectivity index (χ1v) is 3.22. The van der Waals surface area contributed by atoms with E-state index in [1.54, 1.807) is 0 Å². The summed E-state index contributed by atoms with van der Waals surface area (Å²) in [5, 5.41) is 0. The van der Waals surface area contributed by atoms with Gasteiger partial charge in [-0.1, -0.05) is 6.08 Å². The normalized spacial score (nSPS) is 12.7. The Labute approximate surface area is 57.3 Å². The van der Waals surface area contributed by atoms with Crippen LogP contribution < -0.4 is 5.73 Å². The summed E-state index contributed by atoms with van der Waals surface area (Å²) in [5.74, 6) is 0. The molecule has 0 unspecified atom stereocenters. The molecule has 0 aromatic rings. The molecule has 0 aliphatic heterocycles. The molecule has 0 aromatic carbocycles. The molecule has 0 bridgehead atoms. The van der Waals surface area contributed by atoms with Gasteiger partial charge in [0.2, 0.25) is 0 Å². The van der Waals surface area contributed by atoms with E-state index < -0.39 is 0 Å². The van der Waals surface area contributed by atoms with Crippen molar-refractivity contribution in [1.29, 1.82) is 0 Å². The number of nitrogens with two attached hydrogens (primary N) is 1. The van der Waals surface area contributed by atoms with Crippen molar-refractivity contribution in [3.8, 4) is 0 Å². The van der Waals surface area contributed by atoms with Gasteiger partial charge in [-0.3, -0.25) is 0 Å². The molecule has 2 N–H and O–H groups in total. The third-order valence-corrected chi connectivity index (χ3v) is 1.22. The van der Waals surface area contributed by atoms with Crippen LogP contribution in [0.5, 0.6) is 0 Å². The lowest BCUT2D eigenvalue weighted by atomic mass is 10.3. The van der Waals surface area contributed by atoms with E-state index in [1.807, 2.05) is 27.1 Å². The summed E-state index contributed by atoms with van der Waals surface area (Å²) < 4.78 is 0. The third kappa shape index (κ3) is 5.37. The highest BCUT2D eigenvalue weighted by molar-refractivity contribution is 4.93. The van der Waals surface area contributed by atoms with Gasteiger partial charge in [-0.2, -0.15) is 0 Å². The number of nitrogens with zero attached hydrogens (tertiary/aromatic N) is 1. The maximum Gasteiger partial charge on any atom is 0.00500 e. The van der Waals surface area contributed by atoms with Crippen molar-refractivity contribution < 1.29 is 0 Å². The zero-order valence-corrected chi connectivity index (χ0v) is 6.52. The summed E-state index contributed by atoms with van der Waals surface area (Å²) in [6.07, 6.45) is 2.92. The van der Waals surface area contributed by atoms with E-state index in [0.717, 1.165) is 18.7 Å². The Morgan fingerprint density at radius 1 is 1.56 bits per heavy atom. The Balaban J connectivity index is 3.28. The van der Waals surface area contributed by atoms with Gasteiger partial charge in [-0.15, -0.1) is 0 Å². The second-order valence-corrected chi connectivity index (χ2v) is 2.42. The van der Waals surface area contributed by atoms with Crippen LogP contribution in [0.2, 0.25) is 0 Å². The summed E-state index contributed by atoms with van der Waals surface area (Å²) in [6, 6.07) is 0. The molecule has 0 fully saturated rings. The van der Waals surface area contributed by atoms with Gasteiger partial charge in [0.05, 0.1) is 0 Å². The molecule has 0 radical (unpaired) electrons. The van der Waals surface area contributed by atoms with Gasteiger partial charge in [0.15, 0.2) is 0 Å². The fourth-order valence-corrected chi connectivity index (χ4v) is 0.497. The lowest BCUT2D eigenvalue weighted by Crippen LogP contribution is -2.15. The maximum absolute atomic E-state index is 5.56. The molecule has 0 amide bonds. The SMILES string of the molecule is C/C=C(/N)CCN(C)C. The van der Waals surface area contributed by atoms with E-state index in [1.165, 1.54) is 0 Å². The van der Waals surface area contributed by atoms with Crippen LogP contribution in [0.1, 0.15) is 13.3 Å². The lowest BCUT2D eigenvalue weighted by Gasteiger charge is -2.08. The summed E-state index contributed by atoms with van der Waals surface area (Å²) >= 11 is 0. The molecule has 0 spiro atoms. The number of hydrogen-bond acceptors (Lipinski definition) is 2. The van der Waals surface area contributed by atoms with Gasteiger partial charge >= 0.3 is 0 Å². The van der Waals surface area contributed by atoms with Crippen molar-refractivity contribution in [3.05, 3.63) is 11.8 Å². The minimum atomic E-state index is 0.976. The zero-order chi connectivity index (χ0) is 7.28. The average molecular weight is 128 g/mol. The van der Waals surface area contributed by atoms with Crippen molar-refractivity contribution in [1.82, 2.24) is 4.90 Å². The van der Waals surface area contributed by atoms with E-state index in [2.05, 4.69) is 4.90 Å². The van der Waals surface area contributed by atoms with Crippen LogP contribution in [0.25, 0.3) is 0 Å². The van der Waals surface area contributed by atoms with E-state index in [-0.39, 0.29) is 0 Å². The van der Waals surface area contributed by atoms with Crippen molar-refractivity contribution in [2.45, 2.75) is 13.3 Å². The van der Waals surface area contributed by atoms with Gasteiger partial charge < -0.3 is 10.6 Å². The van der Waals surface area contributed by atoms with Crippen molar-refractivity contribution in [2.24, 2.45) is 5.73 Å². The Kier molecular flexibility index (Phi) is 4.14. The largest absolute Gasteiger partial charge is 0.402 e. The van der Waals surface area contributed by atoms with E-state index in [0.29, 0.717) is 0 Å². The molecule has 2 nitrogen and oxygen atoms in total. The third-order valence-electron chi connectivity index (χ3n) is 1.22. The smallest absolute Gasteiger partial charge is 0.00500 e. The second-order valence-electron chi connectivity index (χ2n) is 2.42. The number of allylic oxidation sites excluding steroid dienone is 1. The van der Waals surface area contributed by atoms with E-state index in [4.69, 9.17) is 5.73 Å². The van der Waals surface area contributed by atoms with Crippen LogP contribution in [0.4, 0.5) is 0 Å². The molecule has 0 aliphatic carbocycles. The van der Waals surface area contributed by atoms with Crippen molar-refractivity contribution in [3.63, 3.8) is 0 Å². The molecule has 0 saturated carbocycles. The fourth-order valence-electron chi connectivity index (χ4n) is 0.497. The quantitative estimate of drug-likeness (QED) is 0.609. The second kappa shape index (κ2) is 4.39. The molecule has 0 heterocycles. The summed E-state index contributed by atoms with van der Waals surface area (Å²) in [5.41, 5.74) is 6.53. The highest BCUT2D eigenvalue weighted by Crippen LogP contribution is 1.91. The summed E-state index contributed by atoms with van der Waals surface area (Å²) in [4.78, 5) is 2.12. The summed E-state index contributed by atoms with van der Waals surface area (Å²) in [7, 11) is 4.09. The van der Waals surface area contributed by atoms with E-state index in [9.17, 15) is 0 Å². The van der Waals surface area contributed by atoms with Crippen LogP contribution in [0, 0.1) is 0 Å². The first-order chi connectivity index (χ1) is 4.16. The van der Waals surface area contributed by atoms with Gasteiger partial charge in [0.25, 0.3) is 0 Å². The monoisotopic (exact) mass is 128 g/mol. The fraction of sp³-hybridized carbons (Fsp3) is 0.714. The van der Waals surface area contributed by atoms with Crippen LogP contribution in [0.3, 0.4) is 0 Å². The van der Waals surface area contributed by atoms with Crippen molar-refractivity contribution >= 4 is 0 Å². The average Bonchev–Trinajstić information content (AvgIpc) is 1.83. The first-order valence-electron chi connectivity index (χ1n) is 3.22. The van der Waals surface area contributed by atoms with Crippen LogP contribution in [0.15, 0.2) is 11.8 Å². The Bertz CT molecular complexity index is 95.1. The minimum absolute atomic E-state index is 0.976. The number of hydrogen-bond donors (Lipinski definition) is 1. The lowest BCUT2D eigenvalue weighted by molar-refractivity contribution is 0.412. The molecule has 9 heavy (non-hydrogen) atoms. The molecule has 0 rings (SSSR count). The Morgan fingerprint density at radius 2 is 2.11 bits per heavy atom. The van der Waals surface area contributed by atoms with Gasteiger partial charge in [-0.05, 0) is 27.4 Å². The van der Waals surface area contributed by atoms with Crippen LogP contribution in [-0.2, 0) is 0 Å². The maximum atomic E-state index is 5.56. The number of rotatable bonds is 3. The summed E-state index contributed by atoms with van der Waals surface area (Å²) in [6.45, 7) is 3.00. The highest BCUT2D eigenvalue weighted by atomic mass is 15.0. The minimum Gasteiger partial charge on any atom is -0.402 e. The van der Waals surface area contributed by atoms with Crippen molar-refractivity contribution in [2.75, 3.05) is 20.6 Å². The predicted octanol–water partition coefficient (Wildman–Crippen LogP) is 0.801. The highest BCUT2D eigenvalue weighted by Gasteiger charge is 1.89. The molecule has 0 atom stereocenters. The van der Waals surface area contributed by atoms with Crippen LogP contribution >= 0.6 is 0 Å². The van der Waals surface area contributed by atoms with Gasteiger partial charge in [-0.25, -0.2) is 0 Å². The van der Waals surface area contributed by atoms with Crippen LogP contribution in [-0.4, -0.2) is 25.5 Å². The zero-order valence-electron chi connectivity index (χ0n) is 6.52. The molecule has 0 aliphatic rings. The Morgan fingerprint density at radius 3 is 2.44 bits per heavy atom. The first kappa shape index (κ1) is 8.50. The molecular weight excluding hydrogens is 112 g/mol. The topological polar surface area (TPSA) is 29.3 Å². The van der Waals surface area contributed by atoms with Gasteiger partial charge in [0.1, 0.15) is 0 Å². The Hall–Kier alpha value is -0.500. The van der Waals surface area contributed by atoms with E-state index >= 15 is 0 Å². The molecular formula is C7H16N2.